The minimum Gasteiger partial charge on any atom is -0.772 e. The summed E-state index contributed by atoms with van der Waals surface area (Å²) in [6, 6.07) is 8.02. The molecule has 0 aliphatic carbocycles. The van der Waals surface area contributed by atoms with Gasteiger partial charge in [-0.25, -0.2) is 0 Å². The monoisotopic (exact) mass is 274 g/mol. The Labute approximate surface area is 104 Å². The van der Waals surface area contributed by atoms with Gasteiger partial charge in [0.2, 0.25) is 0 Å². The second kappa shape index (κ2) is 6.75. The molecule has 0 saturated heterocycles. The fraction of sp³-hybridized carbons (Fsp3) is 0.300. The van der Waals surface area contributed by atoms with Crippen LogP contribution in [0.25, 0.3) is 0 Å². The van der Waals surface area contributed by atoms with Crippen LogP contribution in [0.2, 0.25) is 0 Å². The van der Waals surface area contributed by atoms with Crippen LogP contribution in [0.4, 0.5) is 0 Å². The fourth-order valence-electron chi connectivity index (χ4n) is 1.37. The number of benzene rings is 1. The molecule has 5 nitrogen and oxygen atoms in total. The number of carbonyl (C=O) groups is 1. The van der Waals surface area contributed by atoms with E-state index < -0.39 is 45.4 Å². The molecule has 0 fully saturated rings. The van der Waals surface area contributed by atoms with Gasteiger partial charge in [-0.15, -0.1) is 0 Å². The summed E-state index contributed by atoms with van der Waals surface area (Å²) in [5, 5.41) is 0. The molecule has 0 aliphatic rings. The van der Waals surface area contributed by atoms with E-state index in [0.29, 0.717) is 5.56 Å². The van der Waals surface area contributed by atoms with Crippen LogP contribution in [0.15, 0.2) is 30.3 Å². The molecule has 0 radical (unpaired) electrons. The van der Waals surface area contributed by atoms with Crippen molar-refractivity contribution < 1.29 is 22.3 Å². The molecule has 1 rings (SSSR count). The number of ketones is 1. The Kier molecular flexibility index (Phi) is 5.63. The van der Waals surface area contributed by atoms with Crippen molar-refractivity contribution >= 4 is 27.9 Å². The zero-order chi connectivity index (χ0) is 12.8. The first-order valence-corrected chi connectivity index (χ1v) is 7.20. The molecule has 0 aromatic heterocycles. The molecule has 2 atom stereocenters. The van der Waals surface area contributed by atoms with Crippen molar-refractivity contribution in [1.82, 2.24) is 0 Å². The molecule has 0 spiro atoms. The lowest BCUT2D eigenvalue weighted by Gasteiger charge is -2.18. The van der Waals surface area contributed by atoms with Gasteiger partial charge in [-0.1, -0.05) is 52.5 Å². The molecule has 0 N–H and O–H groups in total. The molecule has 7 heteroatoms. The second-order valence-corrected chi connectivity index (χ2v) is 5.25. The van der Waals surface area contributed by atoms with Crippen LogP contribution in [0, 0.1) is 5.92 Å². The Morgan fingerprint density at radius 2 is 1.53 bits per heavy atom. The largest absolute Gasteiger partial charge is 0.772 e. The molecule has 1 aromatic rings. The lowest BCUT2D eigenvalue weighted by atomic mass is 10.0. The highest BCUT2D eigenvalue weighted by Crippen LogP contribution is 2.11. The summed E-state index contributed by atoms with van der Waals surface area (Å²) >= 11 is -4.90. The minimum atomic E-state index is -2.45. The van der Waals surface area contributed by atoms with Gasteiger partial charge in [-0.3, -0.25) is 13.2 Å². The quantitative estimate of drug-likeness (QED) is 0.547. The zero-order valence-electron chi connectivity index (χ0n) is 8.74. The summed E-state index contributed by atoms with van der Waals surface area (Å²) in [6.07, 6.45) is 0. The van der Waals surface area contributed by atoms with Gasteiger partial charge >= 0.3 is 0 Å². The fourth-order valence-corrected chi connectivity index (χ4v) is 2.71. The van der Waals surface area contributed by atoms with E-state index in [-0.39, 0.29) is 0 Å². The van der Waals surface area contributed by atoms with Gasteiger partial charge in [0, 0.05) is 23.0 Å². The highest BCUT2D eigenvalue weighted by molar-refractivity contribution is 7.80. The Bertz CT molecular complexity index is 416. The normalized spacial score (nSPS) is 16.1. The molecule has 0 saturated carbocycles. The van der Waals surface area contributed by atoms with E-state index in [1.54, 1.807) is 18.2 Å². The van der Waals surface area contributed by atoms with E-state index in [1.165, 1.54) is 12.1 Å². The lowest BCUT2D eigenvalue weighted by Crippen LogP contribution is -2.26. The summed E-state index contributed by atoms with van der Waals surface area (Å²) in [5.41, 5.74) is 0.313. The first kappa shape index (κ1) is 14.2. The summed E-state index contributed by atoms with van der Waals surface area (Å²) in [5.74, 6) is -2.49. The predicted octanol–water partition coefficient (Wildman–Crippen LogP) is 0.244. The van der Waals surface area contributed by atoms with Crippen LogP contribution in [-0.2, 0) is 22.2 Å². The van der Waals surface area contributed by atoms with Crippen LogP contribution >= 0.6 is 0 Å². The van der Waals surface area contributed by atoms with E-state index >= 15 is 0 Å². The van der Waals surface area contributed by atoms with Gasteiger partial charge in [0.05, 0.1) is 0 Å². The average molecular weight is 274 g/mol. The van der Waals surface area contributed by atoms with E-state index in [0.717, 1.165) is 0 Å². The third-order valence-corrected chi connectivity index (χ3v) is 3.45. The molecule has 2 unspecified atom stereocenters. The van der Waals surface area contributed by atoms with Gasteiger partial charge in [-0.05, 0) is 0 Å². The number of rotatable bonds is 6. The van der Waals surface area contributed by atoms with Crippen molar-refractivity contribution in [3.05, 3.63) is 35.9 Å². The number of hydrogen-bond acceptors (Lipinski definition) is 5. The highest BCUT2D eigenvalue weighted by atomic mass is 32.2. The molecule has 0 amide bonds. The van der Waals surface area contributed by atoms with Crippen LogP contribution in [0.1, 0.15) is 10.4 Å². The third-order valence-electron chi connectivity index (χ3n) is 2.10. The molecule has 0 aliphatic heterocycles. The Hall–Kier alpha value is -0.890. The van der Waals surface area contributed by atoms with Crippen LogP contribution in [0.5, 0.6) is 0 Å². The summed E-state index contributed by atoms with van der Waals surface area (Å²) in [6.45, 7) is 0. The van der Waals surface area contributed by atoms with Crippen molar-refractivity contribution in [3.63, 3.8) is 0 Å². The maximum atomic E-state index is 11.9. The number of hydrogen-bond donors (Lipinski definition) is 0. The van der Waals surface area contributed by atoms with Crippen molar-refractivity contribution in [2.45, 2.75) is 0 Å². The Morgan fingerprint density at radius 1 is 1.06 bits per heavy atom. The van der Waals surface area contributed by atoms with Crippen molar-refractivity contribution in [2.24, 2.45) is 5.92 Å². The predicted molar refractivity (Wildman–Crippen MR) is 61.8 cm³/mol. The van der Waals surface area contributed by atoms with Gasteiger partial charge < -0.3 is 9.11 Å². The highest BCUT2D eigenvalue weighted by Gasteiger charge is 2.20. The smallest absolute Gasteiger partial charge is 0.167 e. The van der Waals surface area contributed by atoms with E-state index in [4.69, 9.17) is 0 Å². The SMILES string of the molecule is O=C(c1ccccc1)C(CS(=O)[O-])CS(=O)[O-]. The Morgan fingerprint density at radius 3 is 1.94 bits per heavy atom. The average Bonchev–Trinajstić information content (AvgIpc) is 2.27. The van der Waals surface area contributed by atoms with Crippen molar-refractivity contribution in [3.8, 4) is 0 Å². The molecule has 0 bridgehead atoms. The maximum absolute atomic E-state index is 11.9. The summed E-state index contributed by atoms with van der Waals surface area (Å²) < 4.78 is 42.3. The summed E-state index contributed by atoms with van der Waals surface area (Å²) in [4.78, 5) is 11.9. The zero-order valence-corrected chi connectivity index (χ0v) is 10.4. The van der Waals surface area contributed by atoms with Crippen LogP contribution in [0.3, 0.4) is 0 Å². The number of Topliss-reactive ketones (excluding diaryl/α,β-unsaturated/α-hetero) is 1. The van der Waals surface area contributed by atoms with Crippen molar-refractivity contribution in [1.29, 1.82) is 0 Å². The second-order valence-electron chi connectivity index (χ2n) is 3.37. The van der Waals surface area contributed by atoms with Crippen LogP contribution < -0.4 is 0 Å². The van der Waals surface area contributed by atoms with E-state index in [2.05, 4.69) is 0 Å². The van der Waals surface area contributed by atoms with Gasteiger partial charge in [0.15, 0.2) is 5.78 Å². The van der Waals surface area contributed by atoms with E-state index in [1.807, 2.05) is 0 Å². The molecule has 0 heterocycles. The first-order chi connectivity index (χ1) is 8.00. The molecule has 94 valence electrons. The topological polar surface area (TPSA) is 97.3 Å². The maximum Gasteiger partial charge on any atom is 0.167 e. The minimum absolute atomic E-state index is 0.313. The molecule has 1 aromatic carbocycles. The van der Waals surface area contributed by atoms with Gasteiger partial charge in [0.1, 0.15) is 0 Å². The van der Waals surface area contributed by atoms with Crippen LogP contribution in [-0.4, -0.2) is 34.8 Å². The first-order valence-electron chi connectivity index (χ1n) is 4.71. The molecular weight excluding hydrogens is 264 g/mol. The number of carbonyl (C=O) groups excluding carboxylic acids is 1. The molecular formula is C10H10O5S2-2. The van der Waals surface area contributed by atoms with Gasteiger partial charge in [0.25, 0.3) is 0 Å². The third kappa shape index (κ3) is 4.86. The van der Waals surface area contributed by atoms with E-state index in [9.17, 15) is 22.3 Å². The Balaban J connectivity index is 2.86. The lowest BCUT2D eigenvalue weighted by molar-refractivity contribution is 0.0941. The standard InChI is InChI=1S/C10H12O5S2/c11-10(8-4-2-1-3-5-8)9(6-16(12)13)7-17(14)15/h1-5,9H,6-7H2,(H,12,13)(H,14,15)/p-2. The van der Waals surface area contributed by atoms with Gasteiger partial charge in [-0.2, -0.15) is 0 Å². The summed E-state index contributed by atoms with van der Waals surface area (Å²) in [7, 11) is 0. The molecule has 17 heavy (non-hydrogen) atoms. The van der Waals surface area contributed by atoms with Crippen molar-refractivity contribution in [2.75, 3.05) is 11.5 Å².